The Balaban J connectivity index is 2.07. The fraction of sp³-hybridized carbons (Fsp3) is 0.800. The number of rotatable bonds is 0. The number of esters is 1. The van der Waals surface area contributed by atoms with Crippen molar-refractivity contribution in [3.63, 3.8) is 0 Å². The smallest absolute Gasteiger partial charge is 0.336 e. The second kappa shape index (κ2) is 3.61. The van der Waals surface area contributed by atoms with Crippen LogP contribution in [-0.2, 0) is 9.53 Å². The van der Waals surface area contributed by atoms with Crippen LogP contribution in [0, 0.1) is 11.3 Å². The molecule has 106 valence electrons. The van der Waals surface area contributed by atoms with Crippen LogP contribution in [0.3, 0.4) is 0 Å². The number of carbonyl (C=O) groups is 1. The number of carbonyl (C=O) groups excluding carboxylic acids is 1. The van der Waals surface area contributed by atoms with Gasteiger partial charge in [0.05, 0.1) is 11.2 Å². The van der Waals surface area contributed by atoms with Crippen LogP contribution in [0.1, 0.15) is 46.0 Å². The highest BCUT2D eigenvalue weighted by atomic mass is 16.6. The van der Waals surface area contributed by atoms with Crippen LogP contribution in [-0.4, -0.2) is 33.5 Å². The summed E-state index contributed by atoms with van der Waals surface area (Å²) in [7, 11) is 0. The zero-order chi connectivity index (χ0) is 14.1. The van der Waals surface area contributed by atoms with Gasteiger partial charge in [-0.15, -0.1) is 0 Å². The average Bonchev–Trinajstić information content (AvgIpc) is 2.52. The summed E-state index contributed by atoms with van der Waals surface area (Å²) in [6.07, 6.45) is 3.29. The van der Waals surface area contributed by atoms with Gasteiger partial charge in [-0.1, -0.05) is 19.9 Å². The maximum atomic E-state index is 11.8. The highest BCUT2D eigenvalue weighted by molar-refractivity contribution is 5.93. The predicted octanol–water partition coefficient (Wildman–Crippen LogP) is 1.55. The Morgan fingerprint density at radius 1 is 1.21 bits per heavy atom. The summed E-state index contributed by atoms with van der Waals surface area (Å²) in [6.45, 7) is 7.63. The van der Waals surface area contributed by atoms with Crippen molar-refractivity contribution in [2.24, 2.45) is 11.3 Å². The standard InChI is InChI=1S/C15H22O4/c1-9-12(16)19-11-10-13(2,7-8-15(9,11)18)5-4-6-14(10,3)17/h10-11,17-18H,1,4-8H2,2-3H3/t10?,11-,13-,14?,15+/m1/s1. The van der Waals surface area contributed by atoms with E-state index in [-0.39, 0.29) is 16.9 Å². The van der Waals surface area contributed by atoms with Gasteiger partial charge in [-0.05, 0) is 38.0 Å². The zero-order valence-electron chi connectivity index (χ0n) is 11.6. The van der Waals surface area contributed by atoms with Crippen molar-refractivity contribution in [3.8, 4) is 0 Å². The summed E-state index contributed by atoms with van der Waals surface area (Å²) in [4.78, 5) is 11.8. The molecule has 1 heterocycles. The Hall–Kier alpha value is -0.870. The highest BCUT2D eigenvalue weighted by Gasteiger charge is 2.66. The molecule has 0 amide bonds. The van der Waals surface area contributed by atoms with Crippen LogP contribution in [0.2, 0.25) is 0 Å². The third-order valence-corrected chi connectivity index (χ3v) is 5.71. The predicted molar refractivity (Wildman–Crippen MR) is 69.3 cm³/mol. The number of aliphatic hydroxyl groups is 2. The summed E-state index contributed by atoms with van der Waals surface area (Å²) < 4.78 is 5.40. The largest absolute Gasteiger partial charge is 0.455 e. The summed E-state index contributed by atoms with van der Waals surface area (Å²) in [5, 5.41) is 21.5. The first-order chi connectivity index (χ1) is 8.71. The Morgan fingerprint density at radius 2 is 1.89 bits per heavy atom. The fourth-order valence-corrected chi connectivity index (χ4v) is 4.63. The van der Waals surface area contributed by atoms with Gasteiger partial charge in [0.25, 0.3) is 0 Å². The second-order valence-corrected chi connectivity index (χ2v) is 7.07. The Morgan fingerprint density at radius 3 is 2.58 bits per heavy atom. The minimum atomic E-state index is -1.29. The molecule has 1 aliphatic heterocycles. The van der Waals surface area contributed by atoms with Crippen molar-refractivity contribution in [1.82, 2.24) is 0 Å². The van der Waals surface area contributed by atoms with E-state index in [0.717, 1.165) is 19.3 Å². The zero-order valence-corrected chi connectivity index (χ0v) is 11.6. The van der Waals surface area contributed by atoms with E-state index in [1.807, 2.05) is 0 Å². The summed E-state index contributed by atoms with van der Waals surface area (Å²) in [5.74, 6) is -0.742. The maximum absolute atomic E-state index is 11.8. The van der Waals surface area contributed by atoms with Crippen LogP contribution in [0.15, 0.2) is 12.2 Å². The third-order valence-electron chi connectivity index (χ3n) is 5.71. The quantitative estimate of drug-likeness (QED) is 0.515. The number of ether oxygens (including phenoxy) is 1. The van der Waals surface area contributed by atoms with E-state index < -0.39 is 23.3 Å². The van der Waals surface area contributed by atoms with Gasteiger partial charge in [-0.3, -0.25) is 0 Å². The molecule has 19 heavy (non-hydrogen) atoms. The molecule has 2 aliphatic carbocycles. The average molecular weight is 266 g/mol. The lowest BCUT2D eigenvalue weighted by molar-refractivity contribution is -0.210. The van der Waals surface area contributed by atoms with Crippen molar-refractivity contribution in [2.75, 3.05) is 0 Å². The number of fused-ring (bicyclic) bond motifs is 3. The van der Waals surface area contributed by atoms with Crippen molar-refractivity contribution >= 4 is 5.97 Å². The highest BCUT2D eigenvalue weighted by Crippen LogP contribution is 2.59. The van der Waals surface area contributed by atoms with Crippen LogP contribution >= 0.6 is 0 Å². The molecule has 2 N–H and O–H groups in total. The van der Waals surface area contributed by atoms with Gasteiger partial charge in [0.2, 0.25) is 0 Å². The van der Waals surface area contributed by atoms with E-state index >= 15 is 0 Å². The first-order valence-electron chi connectivity index (χ1n) is 7.06. The minimum Gasteiger partial charge on any atom is -0.455 e. The van der Waals surface area contributed by atoms with Crippen LogP contribution < -0.4 is 0 Å². The molecule has 5 atom stereocenters. The Kier molecular flexibility index (Phi) is 2.50. The Labute approximate surface area is 113 Å². The first-order valence-corrected chi connectivity index (χ1v) is 7.06. The van der Waals surface area contributed by atoms with E-state index in [1.165, 1.54) is 0 Å². The van der Waals surface area contributed by atoms with Gasteiger partial charge in [0.15, 0.2) is 0 Å². The molecule has 3 aliphatic rings. The minimum absolute atomic E-state index is 0.0798. The molecule has 2 unspecified atom stereocenters. The van der Waals surface area contributed by atoms with Gasteiger partial charge in [0, 0.05) is 5.92 Å². The van der Waals surface area contributed by atoms with Gasteiger partial charge < -0.3 is 14.9 Å². The monoisotopic (exact) mass is 266 g/mol. The lowest BCUT2D eigenvalue weighted by Gasteiger charge is -2.57. The number of hydrogen-bond donors (Lipinski definition) is 2. The summed E-state index contributed by atoms with van der Waals surface area (Å²) in [6, 6.07) is 0. The molecular formula is C15H22O4. The molecule has 0 aromatic carbocycles. The molecule has 0 radical (unpaired) electrons. The summed E-state index contributed by atoms with van der Waals surface area (Å²) >= 11 is 0. The van der Waals surface area contributed by atoms with Crippen molar-refractivity contribution in [1.29, 1.82) is 0 Å². The topological polar surface area (TPSA) is 66.8 Å². The third kappa shape index (κ3) is 1.56. The summed E-state index contributed by atoms with van der Waals surface area (Å²) in [5.41, 5.74) is -2.12. The van der Waals surface area contributed by atoms with E-state index in [1.54, 1.807) is 6.92 Å². The molecule has 3 fully saturated rings. The van der Waals surface area contributed by atoms with Gasteiger partial charge in [-0.25, -0.2) is 4.79 Å². The lowest BCUT2D eigenvalue weighted by atomic mass is 9.51. The van der Waals surface area contributed by atoms with E-state index in [9.17, 15) is 15.0 Å². The molecule has 0 aromatic rings. The van der Waals surface area contributed by atoms with E-state index in [4.69, 9.17) is 4.74 Å². The Bertz CT molecular complexity index is 455. The fourth-order valence-electron chi connectivity index (χ4n) is 4.63. The normalized spacial score (nSPS) is 53.5. The molecule has 3 rings (SSSR count). The SMILES string of the molecule is C=C1C(=O)O[C@@H]2C3C(C)(O)CCC[C@]3(C)CC[C@]12O. The second-order valence-electron chi connectivity index (χ2n) is 7.07. The van der Waals surface area contributed by atoms with Crippen LogP contribution in [0.4, 0.5) is 0 Å². The van der Waals surface area contributed by atoms with E-state index in [0.29, 0.717) is 12.8 Å². The maximum Gasteiger partial charge on any atom is 0.336 e. The van der Waals surface area contributed by atoms with Crippen molar-refractivity contribution in [3.05, 3.63) is 12.2 Å². The van der Waals surface area contributed by atoms with Crippen molar-refractivity contribution < 1.29 is 19.7 Å². The molecule has 2 saturated carbocycles. The van der Waals surface area contributed by atoms with Crippen LogP contribution in [0.5, 0.6) is 0 Å². The molecule has 0 bridgehead atoms. The van der Waals surface area contributed by atoms with Gasteiger partial charge in [0.1, 0.15) is 11.7 Å². The van der Waals surface area contributed by atoms with Gasteiger partial charge in [-0.2, -0.15) is 0 Å². The van der Waals surface area contributed by atoms with Gasteiger partial charge >= 0.3 is 5.97 Å². The van der Waals surface area contributed by atoms with E-state index in [2.05, 4.69) is 13.5 Å². The molecule has 0 aromatic heterocycles. The molecule has 0 spiro atoms. The van der Waals surface area contributed by atoms with Crippen LogP contribution in [0.25, 0.3) is 0 Å². The number of hydrogen-bond acceptors (Lipinski definition) is 4. The lowest BCUT2D eigenvalue weighted by Crippen LogP contribution is -2.63. The molecular weight excluding hydrogens is 244 g/mol. The first kappa shape index (κ1) is 13.1. The molecule has 1 saturated heterocycles. The molecule has 4 nitrogen and oxygen atoms in total. The van der Waals surface area contributed by atoms with Crippen molar-refractivity contribution in [2.45, 2.75) is 63.3 Å². The molecule has 4 heteroatoms.